The van der Waals surface area contributed by atoms with E-state index in [0.717, 1.165) is 12.0 Å². The second-order valence-electron chi connectivity index (χ2n) is 6.91. The molecule has 0 saturated carbocycles. The van der Waals surface area contributed by atoms with Crippen molar-refractivity contribution in [3.05, 3.63) is 95.9 Å². The molecule has 0 fully saturated rings. The fourth-order valence-corrected chi connectivity index (χ4v) is 3.18. The summed E-state index contributed by atoms with van der Waals surface area (Å²) in [6.45, 7) is 3.38. The Morgan fingerprint density at radius 1 is 0.828 bits per heavy atom. The topological polar surface area (TPSA) is 53.8 Å². The van der Waals surface area contributed by atoms with Gasteiger partial charge in [-0.15, -0.1) is 0 Å². The third-order valence-electron chi connectivity index (χ3n) is 4.62. The normalized spacial score (nSPS) is 10.5. The van der Waals surface area contributed by atoms with E-state index in [0.29, 0.717) is 31.0 Å². The van der Waals surface area contributed by atoms with E-state index in [4.69, 9.17) is 4.42 Å². The number of nitrogens with zero attached hydrogens (tertiary/aromatic N) is 2. The Balaban J connectivity index is 1.76. The van der Waals surface area contributed by atoms with Gasteiger partial charge in [0.2, 0.25) is 5.91 Å². The van der Waals surface area contributed by atoms with Gasteiger partial charge < -0.3 is 14.2 Å². The van der Waals surface area contributed by atoms with Gasteiger partial charge in [-0.25, -0.2) is 0 Å². The van der Waals surface area contributed by atoms with Crippen LogP contribution in [0.5, 0.6) is 0 Å². The van der Waals surface area contributed by atoms with Crippen LogP contribution in [0.1, 0.15) is 35.0 Å². The van der Waals surface area contributed by atoms with E-state index in [1.54, 1.807) is 28.2 Å². The van der Waals surface area contributed by atoms with E-state index in [-0.39, 0.29) is 18.4 Å². The Bertz CT molecular complexity index is 892. The number of rotatable bonds is 9. The van der Waals surface area contributed by atoms with Crippen LogP contribution in [0.3, 0.4) is 0 Å². The summed E-state index contributed by atoms with van der Waals surface area (Å²) in [5, 5.41) is 0. The summed E-state index contributed by atoms with van der Waals surface area (Å²) in [6.07, 6.45) is 2.38. The first kappa shape index (κ1) is 20.4. The highest BCUT2D eigenvalue weighted by atomic mass is 16.3. The number of carbonyl (C=O) groups is 2. The largest absolute Gasteiger partial charge is 0.467 e. The number of benzene rings is 2. The number of hydrogen-bond acceptors (Lipinski definition) is 3. The number of hydrogen-bond donors (Lipinski definition) is 0. The molecule has 1 heterocycles. The monoisotopic (exact) mass is 390 g/mol. The van der Waals surface area contributed by atoms with Crippen LogP contribution in [0.25, 0.3) is 0 Å². The average molecular weight is 390 g/mol. The highest BCUT2D eigenvalue weighted by Crippen LogP contribution is 2.13. The van der Waals surface area contributed by atoms with Gasteiger partial charge in [0.15, 0.2) is 0 Å². The fraction of sp³-hybridized carbons (Fsp3) is 0.250. The van der Waals surface area contributed by atoms with Gasteiger partial charge >= 0.3 is 0 Å². The van der Waals surface area contributed by atoms with Gasteiger partial charge in [-0.05, 0) is 36.2 Å². The van der Waals surface area contributed by atoms with Crippen molar-refractivity contribution in [3.63, 3.8) is 0 Å². The van der Waals surface area contributed by atoms with Crippen LogP contribution in [-0.4, -0.2) is 34.7 Å². The van der Waals surface area contributed by atoms with E-state index in [1.807, 2.05) is 67.6 Å². The van der Waals surface area contributed by atoms with Crippen molar-refractivity contribution in [1.82, 2.24) is 9.80 Å². The van der Waals surface area contributed by atoms with Crippen molar-refractivity contribution < 1.29 is 14.0 Å². The van der Waals surface area contributed by atoms with Crippen molar-refractivity contribution in [2.45, 2.75) is 26.4 Å². The SMILES string of the molecule is CCCN(CC(=O)N(Cc1ccccc1)Cc1ccco1)C(=O)c1ccccc1. The molecule has 0 aliphatic carbocycles. The minimum atomic E-state index is -0.126. The maximum atomic E-state index is 13.2. The van der Waals surface area contributed by atoms with Crippen LogP contribution in [0.4, 0.5) is 0 Å². The molecule has 0 saturated heterocycles. The number of carbonyl (C=O) groups excluding carboxylic acids is 2. The van der Waals surface area contributed by atoms with E-state index in [1.165, 1.54) is 0 Å². The van der Waals surface area contributed by atoms with Crippen molar-refractivity contribution >= 4 is 11.8 Å². The van der Waals surface area contributed by atoms with Crippen molar-refractivity contribution in [3.8, 4) is 0 Å². The number of amides is 2. The molecule has 3 rings (SSSR count). The Morgan fingerprint density at radius 2 is 1.52 bits per heavy atom. The van der Waals surface area contributed by atoms with Gasteiger partial charge in [0.1, 0.15) is 12.3 Å². The summed E-state index contributed by atoms with van der Waals surface area (Å²) in [6, 6.07) is 22.6. The first-order valence-corrected chi connectivity index (χ1v) is 9.85. The van der Waals surface area contributed by atoms with E-state index < -0.39 is 0 Å². The third-order valence-corrected chi connectivity index (χ3v) is 4.62. The van der Waals surface area contributed by atoms with Crippen molar-refractivity contribution in [2.24, 2.45) is 0 Å². The predicted octanol–water partition coefficient (Wildman–Crippen LogP) is 4.36. The van der Waals surface area contributed by atoms with Crippen LogP contribution in [0.15, 0.2) is 83.5 Å². The van der Waals surface area contributed by atoms with E-state index in [2.05, 4.69) is 0 Å². The van der Waals surface area contributed by atoms with Crippen LogP contribution in [0.2, 0.25) is 0 Å². The molecule has 0 spiro atoms. The standard InChI is InChI=1S/C24H26N2O3/c1-2-15-25(24(28)21-12-7-4-8-13-21)19-23(27)26(18-22-14-9-16-29-22)17-20-10-5-3-6-11-20/h3-14,16H,2,15,17-19H2,1H3. The fourth-order valence-electron chi connectivity index (χ4n) is 3.18. The first-order chi connectivity index (χ1) is 14.2. The molecule has 150 valence electrons. The quantitative estimate of drug-likeness (QED) is 0.545. The van der Waals surface area contributed by atoms with Gasteiger partial charge in [-0.2, -0.15) is 0 Å². The summed E-state index contributed by atoms with van der Waals surface area (Å²) >= 11 is 0. The first-order valence-electron chi connectivity index (χ1n) is 9.85. The zero-order chi connectivity index (χ0) is 20.5. The lowest BCUT2D eigenvalue weighted by Crippen LogP contribution is -2.42. The lowest BCUT2D eigenvalue weighted by molar-refractivity contribution is -0.133. The van der Waals surface area contributed by atoms with Crippen molar-refractivity contribution in [2.75, 3.05) is 13.1 Å². The maximum Gasteiger partial charge on any atom is 0.254 e. The van der Waals surface area contributed by atoms with Gasteiger partial charge in [-0.3, -0.25) is 9.59 Å². The summed E-state index contributed by atoms with van der Waals surface area (Å²) in [5.74, 6) is 0.479. The van der Waals surface area contributed by atoms with Gasteiger partial charge in [0, 0.05) is 18.7 Å². The molecule has 0 aliphatic rings. The van der Waals surface area contributed by atoms with Gasteiger partial charge in [0.25, 0.3) is 5.91 Å². The third kappa shape index (κ3) is 5.82. The highest BCUT2D eigenvalue weighted by molar-refractivity contribution is 5.96. The molecule has 29 heavy (non-hydrogen) atoms. The van der Waals surface area contributed by atoms with Crippen LogP contribution >= 0.6 is 0 Å². The van der Waals surface area contributed by atoms with Gasteiger partial charge in [0.05, 0.1) is 12.8 Å². The minimum absolute atomic E-state index is 0.0368. The summed E-state index contributed by atoms with van der Waals surface area (Å²) < 4.78 is 5.45. The molecule has 0 atom stereocenters. The molecular weight excluding hydrogens is 364 g/mol. The lowest BCUT2D eigenvalue weighted by Gasteiger charge is -2.27. The van der Waals surface area contributed by atoms with Gasteiger partial charge in [-0.1, -0.05) is 55.5 Å². The highest BCUT2D eigenvalue weighted by Gasteiger charge is 2.22. The van der Waals surface area contributed by atoms with E-state index in [9.17, 15) is 9.59 Å². The Labute approximate surface area is 171 Å². The average Bonchev–Trinajstić information content (AvgIpc) is 3.27. The second kappa shape index (κ2) is 10.3. The van der Waals surface area contributed by atoms with Crippen LogP contribution in [0, 0.1) is 0 Å². The number of furan rings is 1. The molecule has 2 amide bonds. The molecule has 1 aromatic heterocycles. The van der Waals surface area contributed by atoms with Crippen LogP contribution in [-0.2, 0) is 17.9 Å². The smallest absolute Gasteiger partial charge is 0.254 e. The Morgan fingerprint density at radius 3 is 2.14 bits per heavy atom. The van der Waals surface area contributed by atoms with Crippen LogP contribution < -0.4 is 0 Å². The van der Waals surface area contributed by atoms with E-state index >= 15 is 0 Å². The summed E-state index contributed by atoms with van der Waals surface area (Å²) in [7, 11) is 0. The molecule has 5 nitrogen and oxygen atoms in total. The molecule has 5 heteroatoms. The molecule has 0 N–H and O–H groups in total. The molecule has 0 radical (unpaired) electrons. The summed E-state index contributed by atoms with van der Waals surface area (Å²) in [4.78, 5) is 29.4. The molecule has 0 unspecified atom stereocenters. The zero-order valence-corrected chi connectivity index (χ0v) is 16.7. The molecule has 3 aromatic rings. The zero-order valence-electron chi connectivity index (χ0n) is 16.7. The predicted molar refractivity (Wildman–Crippen MR) is 112 cm³/mol. The maximum absolute atomic E-state index is 13.2. The Kier molecular flexibility index (Phi) is 7.22. The van der Waals surface area contributed by atoms with Crippen molar-refractivity contribution in [1.29, 1.82) is 0 Å². The molecule has 0 aliphatic heterocycles. The Hall–Kier alpha value is -3.34. The molecule has 0 bridgehead atoms. The molecular formula is C24H26N2O3. The summed E-state index contributed by atoms with van der Waals surface area (Å²) in [5.41, 5.74) is 1.62. The molecule has 2 aromatic carbocycles. The second-order valence-corrected chi connectivity index (χ2v) is 6.91. The lowest BCUT2D eigenvalue weighted by atomic mass is 10.2. The minimum Gasteiger partial charge on any atom is -0.467 e.